The zero-order chi connectivity index (χ0) is 21.1. The van der Waals surface area contributed by atoms with E-state index >= 15 is 0 Å². The number of furan rings is 1. The molecule has 3 aromatic rings. The van der Waals surface area contributed by atoms with Crippen LogP contribution in [0.4, 0.5) is 11.6 Å². The Labute approximate surface area is 176 Å². The lowest BCUT2D eigenvalue weighted by molar-refractivity contribution is 0.102. The molecule has 0 saturated carbocycles. The molecule has 4 rings (SSSR count). The fourth-order valence-electron chi connectivity index (χ4n) is 3.13. The quantitative estimate of drug-likeness (QED) is 0.650. The van der Waals surface area contributed by atoms with E-state index in [4.69, 9.17) is 4.42 Å². The number of aryl methyl sites for hydroxylation is 1. The molecule has 160 valence electrons. The van der Waals surface area contributed by atoms with Crippen LogP contribution in [-0.4, -0.2) is 59.8 Å². The lowest BCUT2D eigenvalue weighted by Gasteiger charge is -2.34. The third-order valence-electron chi connectivity index (χ3n) is 4.76. The lowest BCUT2D eigenvalue weighted by Crippen LogP contribution is -2.49. The van der Waals surface area contributed by atoms with Gasteiger partial charge in [0.15, 0.2) is 5.69 Å². The van der Waals surface area contributed by atoms with Crippen molar-refractivity contribution in [3.8, 4) is 0 Å². The second-order valence-corrected chi connectivity index (χ2v) is 8.62. The summed E-state index contributed by atoms with van der Waals surface area (Å²) in [6, 6.07) is 6.65. The largest absolute Gasteiger partial charge is 0.471 e. The number of sulfonamides is 1. The highest BCUT2D eigenvalue weighted by atomic mass is 32.2. The van der Waals surface area contributed by atoms with E-state index in [9.17, 15) is 13.2 Å². The minimum absolute atomic E-state index is 0. The van der Waals surface area contributed by atoms with Crippen LogP contribution in [0, 0.1) is 6.92 Å². The van der Waals surface area contributed by atoms with E-state index < -0.39 is 15.9 Å². The number of carbonyl (C=O) groups excluding carboxylic acids is 1. The molecule has 0 aliphatic carbocycles. The fraction of sp³-hybridized carbons (Fsp3) is 0.263. The molecule has 1 fully saturated rings. The monoisotopic (exact) mass is 432 g/mol. The molecular weight excluding hydrogens is 408 g/mol. The van der Waals surface area contributed by atoms with Crippen LogP contribution in [0.5, 0.6) is 0 Å². The predicted molar refractivity (Wildman–Crippen MR) is 113 cm³/mol. The van der Waals surface area contributed by atoms with Crippen molar-refractivity contribution in [3.63, 3.8) is 0 Å². The summed E-state index contributed by atoms with van der Waals surface area (Å²) < 4.78 is 31.5. The number of carbonyl (C=O) groups is 1. The van der Waals surface area contributed by atoms with Gasteiger partial charge in [-0.25, -0.2) is 18.4 Å². The second kappa shape index (κ2) is 8.20. The van der Waals surface area contributed by atoms with Crippen molar-refractivity contribution in [1.82, 2.24) is 19.3 Å². The number of anilines is 2. The first-order valence-electron chi connectivity index (χ1n) is 9.28. The molecule has 0 aromatic carbocycles. The number of hydrogen-bond donors (Lipinski definition) is 1. The molecular formula is C19H24N6O4S. The van der Waals surface area contributed by atoms with Gasteiger partial charge in [0.2, 0.25) is 10.0 Å². The van der Waals surface area contributed by atoms with Crippen LogP contribution in [0.2, 0.25) is 0 Å². The molecule has 1 amide bonds. The van der Waals surface area contributed by atoms with Gasteiger partial charge >= 0.3 is 0 Å². The number of hydrogen-bond acceptors (Lipinski definition) is 8. The number of aromatic nitrogens is 3. The van der Waals surface area contributed by atoms with E-state index in [1.54, 1.807) is 37.5 Å². The average molecular weight is 433 g/mol. The van der Waals surface area contributed by atoms with Gasteiger partial charge in [-0.2, -0.15) is 4.31 Å². The molecule has 0 atom stereocenters. The smallest absolute Gasteiger partial charge is 0.277 e. The molecule has 1 N–H and O–H groups in total. The van der Waals surface area contributed by atoms with E-state index in [1.165, 1.54) is 22.9 Å². The van der Waals surface area contributed by atoms with Crippen LogP contribution in [0.15, 0.2) is 58.5 Å². The van der Waals surface area contributed by atoms with E-state index in [0.29, 0.717) is 43.5 Å². The third-order valence-corrected chi connectivity index (χ3v) is 6.63. The van der Waals surface area contributed by atoms with E-state index in [2.05, 4.69) is 20.3 Å². The average Bonchev–Trinajstić information content (AvgIpc) is 3.31. The Morgan fingerprint density at radius 3 is 2.63 bits per heavy atom. The summed E-state index contributed by atoms with van der Waals surface area (Å²) in [5.41, 5.74) is 0.694. The van der Waals surface area contributed by atoms with Crippen molar-refractivity contribution < 1.29 is 20.5 Å². The van der Waals surface area contributed by atoms with Crippen molar-refractivity contribution in [2.24, 2.45) is 0 Å². The predicted octanol–water partition coefficient (Wildman–Crippen LogP) is 2.03. The summed E-state index contributed by atoms with van der Waals surface area (Å²) >= 11 is 0. The molecule has 3 aromatic heterocycles. The maximum Gasteiger partial charge on any atom is 0.277 e. The van der Waals surface area contributed by atoms with Gasteiger partial charge in [-0.05, 0) is 25.1 Å². The van der Waals surface area contributed by atoms with Gasteiger partial charge < -0.3 is 14.6 Å². The number of pyridine rings is 1. The van der Waals surface area contributed by atoms with Crippen molar-refractivity contribution in [2.75, 3.05) is 36.4 Å². The third kappa shape index (κ3) is 4.02. The molecule has 11 heteroatoms. The van der Waals surface area contributed by atoms with Gasteiger partial charge in [-0.3, -0.25) is 9.78 Å². The zero-order valence-electron chi connectivity index (χ0n) is 16.2. The highest BCUT2D eigenvalue weighted by Crippen LogP contribution is 2.21. The van der Waals surface area contributed by atoms with Crippen LogP contribution in [0.3, 0.4) is 0 Å². The normalized spacial score (nSPS) is 15.2. The summed E-state index contributed by atoms with van der Waals surface area (Å²) in [4.78, 5) is 27.5. The van der Waals surface area contributed by atoms with Crippen molar-refractivity contribution >= 4 is 27.6 Å². The number of nitrogens with zero attached hydrogens (tertiary/aromatic N) is 5. The van der Waals surface area contributed by atoms with Crippen molar-refractivity contribution in [3.05, 3.63) is 60.6 Å². The van der Waals surface area contributed by atoms with Gasteiger partial charge in [-0.15, -0.1) is 0 Å². The Hall–Kier alpha value is -3.31. The molecule has 10 nitrogen and oxygen atoms in total. The van der Waals surface area contributed by atoms with Crippen LogP contribution in [0.25, 0.3) is 0 Å². The highest BCUT2D eigenvalue weighted by molar-refractivity contribution is 7.89. The number of piperazine rings is 1. The van der Waals surface area contributed by atoms with Crippen molar-refractivity contribution in [1.29, 1.82) is 0 Å². The Bertz CT molecular complexity index is 1140. The number of amides is 1. The molecule has 0 bridgehead atoms. The zero-order valence-corrected chi connectivity index (χ0v) is 17.0. The summed E-state index contributed by atoms with van der Waals surface area (Å²) in [6.45, 7) is 3.14. The van der Waals surface area contributed by atoms with Gasteiger partial charge in [0.05, 0.1) is 18.2 Å². The highest BCUT2D eigenvalue weighted by Gasteiger charge is 2.30. The molecule has 4 heterocycles. The maximum atomic E-state index is 12.6. The fourth-order valence-corrected chi connectivity index (χ4v) is 4.47. The molecule has 0 radical (unpaired) electrons. The molecule has 1 saturated heterocycles. The van der Waals surface area contributed by atoms with Crippen LogP contribution >= 0.6 is 0 Å². The second-order valence-electron chi connectivity index (χ2n) is 6.68. The molecule has 30 heavy (non-hydrogen) atoms. The van der Waals surface area contributed by atoms with Crippen LogP contribution in [0.1, 0.15) is 19.0 Å². The SMILES string of the molecule is Cc1ncc(N2CCN(S(=O)(=O)c3ccoc3)CC2)nc1C(=O)Nc1ccccn1.[HH].[HH]. The standard InChI is InChI=1S/C19H20N6O4S.2H2/c1-14-18(19(26)22-16-4-2-3-6-20-16)23-17(12-21-14)24-7-9-25(10-8-24)30(27,28)15-5-11-29-13-15;;/h2-6,11-13H,7-10H2,1H3,(H,20,22,26);2*1H. The van der Waals surface area contributed by atoms with E-state index in [-0.39, 0.29) is 13.4 Å². The topological polar surface area (TPSA) is 122 Å². The first-order valence-corrected chi connectivity index (χ1v) is 10.7. The van der Waals surface area contributed by atoms with E-state index in [1.807, 2.05) is 4.90 Å². The summed E-state index contributed by atoms with van der Waals surface area (Å²) in [5.74, 6) is 0.543. The van der Waals surface area contributed by atoms with Gasteiger partial charge in [0.25, 0.3) is 5.91 Å². The Morgan fingerprint density at radius 1 is 1.17 bits per heavy atom. The van der Waals surface area contributed by atoms with Crippen LogP contribution in [-0.2, 0) is 10.0 Å². The maximum absolute atomic E-state index is 12.6. The molecule has 1 aliphatic heterocycles. The van der Waals surface area contributed by atoms with Crippen LogP contribution < -0.4 is 10.2 Å². The summed E-state index contributed by atoms with van der Waals surface area (Å²) in [5, 5.41) is 2.70. The summed E-state index contributed by atoms with van der Waals surface area (Å²) in [7, 11) is -3.58. The lowest BCUT2D eigenvalue weighted by atomic mass is 10.3. The number of nitrogens with one attached hydrogen (secondary N) is 1. The number of rotatable bonds is 5. The Kier molecular flexibility index (Phi) is 5.46. The molecule has 0 unspecified atom stereocenters. The Morgan fingerprint density at radius 2 is 1.97 bits per heavy atom. The molecule has 1 aliphatic rings. The molecule has 0 spiro atoms. The minimum atomic E-state index is -3.58. The van der Waals surface area contributed by atoms with Crippen molar-refractivity contribution in [2.45, 2.75) is 11.8 Å². The van der Waals surface area contributed by atoms with Gasteiger partial charge in [0, 0.05) is 35.2 Å². The first-order chi connectivity index (χ1) is 14.4. The van der Waals surface area contributed by atoms with Gasteiger partial charge in [0.1, 0.15) is 22.8 Å². The Balaban J connectivity index is 0.00000181. The minimum Gasteiger partial charge on any atom is -0.471 e. The first kappa shape index (κ1) is 20.0. The van der Waals surface area contributed by atoms with E-state index in [0.717, 1.165) is 0 Å². The van der Waals surface area contributed by atoms with Gasteiger partial charge in [-0.1, -0.05) is 6.07 Å². The summed E-state index contributed by atoms with van der Waals surface area (Å²) in [6.07, 6.45) is 5.73.